The van der Waals surface area contributed by atoms with Gasteiger partial charge in [-0.15, -0.1) is 11.3 Å². The Hall–Kier alpha value is -2.22. The summed E-state index contributed by atoms with van der Waals surface area (Å²) in [5, 5.41) is 9.36. The lowest BCUT2D eigenvalue weighted by molar-refractivity contribution is -0.143. The number of alkyl halides is 6. The molecule has 1 atom stereocenters. The Morgan fingerprint density at radius 2 is 1.66 bits per heavy atom. The molecule has 2 aromatic rings. The fourth-order valence-corrected chi connectivity index (χ4v) is 3.58. The Morgan fingerprint density at radius 1 is 1.03 bits per heavy atom. The molecule has 1 aromatic heterocycles. The molecule has 0 aliphatic carbocycles. The van der Waals surface area contributed by atoms with Crippen molar-refractivity contribution >= 4 is 11.3 Å². The number of hydrogen-bond acceptors (Lipinski definition) is 4. The summed E-state index contributed by atoms with van der Waals surface area (Å²) in [5.74, 6) is 5.18. The maximum atomic E-state index is 12.9. The van der Waals surface area contributed by atoms with E-state index in [1.807, 2.05) is 19.1 Å². The molecule has 0 fully saturated rings. The Balaban J connectivity index is 1.94. The Morgan fingerprint density at radius 3 is 2.19 bits per heavy atom. The van der Waals surface area contributed by atoms with Crippen LogP contribution in [0.3, 0.4) is 0 Å². The van der Waals surface area contributed by atoms with Crippen LogP contribution >= 0.6 is 11.3 Å². The number of halogens is 6. The van der Waals surface area contributed by atoms with Crippen LogP contribution in [0.1, 0.15) is 47.1 Å². The van der Waals surface area contributed by atoms with Gasteiger partial charge in [0.15, 0.2) is 0 Å². The summed E-state index contributed by atoms with van der Waals surface area (Å²) in [6.07, 6.45) is -7.76. The van der Waals surface area contributed by atoms with Crippen molar-refractivity contribution in [1.82, 2.24) is 0 Å². The van der Waals surface area contributed by atoms with Crippen molar-refractivity contribution in [3.05, 3.63) is 51.2 Å². The molecule has 0 saturated carbocycles. The van der Waals surface area contributed by atoms with Crippen LogP contribution in [0.4, 0.5) is 26.3 Å². The number of hydrogen-bond donors (Lipinski definition) is 2. The van der Waals surface area contributed by atoms with E-state index < -0.39 is 34.8 Å². The topological polar surface area (TPSA) is 55.5 Å². The molecule has 0 aliphatic heterocycles. The van der Waals surface area contributed by atoms with Crippen molar-refractivity contribution in [2.24, 2.45) is 5.73 Å². The highest BCUT2D eigenvalue weighted by Gasteiger charge is 2.37. The molecule has 1 unspecified atom stereocenters. The van der Waals surface area contributed by atoms with Gasteiger partial charge in [-0.05, 0) is 49.6 Å². The fraction of sp³-hybridized carbons (Fsp3) is 0.455. The Bertz CT molecular complexity index is 920. The van der Waals surface area contributed by atoms with Crippen molar-refractivity contribution in [2.45, 2.75) is 50.5 Å². The molecule has 1 heterocycles. The first-order valence-corrected chi connectivity index (χ1v) is 10.6. The molecule has 32 heavy (non-hydrogen) atoms. The van der Waals surface area contributed by atoms with E-state index in [4.69, 9.17) is 10.5 Å². The molecule has 0 amide bonds. The summed E-state index contributed by atoms with van der Waals surface area (Å²) < 4.78 is 82.3. The van der Waals surface area contributed by atoms with Crippen molar-refractivity contribution in [3.8, 4) is 17.6 Å². The van der Waals surface area contributed by atoms with E-state index in [1.54, 1.807) is 0 Å². The van der Waals surface area contributed by atoms with Crippen molar-refractivity contribution in [1.29, 1.82) is 0 Å². The second-order valence-electron chi connectivity index (χ2n) is 7.28. The highest BCUT2D eigenvalue weighted by molar-refractivity contribution is 7.12. The van der Waals surface area contributed by atoms with Crippen LogP contribution in [-0.2, 0) is 18.8 Å². The first-order valence-electron chi connectivity index (χ1n) is 9.76. The van der Waals surface area contributed by atoms with Gasteiger partial charge in [-0.2, -0.15) is 26.3 Å². The van der Waals surface area contributed by atoms with Crippen molar-refractivity contribution < 1.29 is 36.2 Å². The van der Waals surface area contributed by atoms with Gasteiger partial charge in [0.25, 0.3) is 0 Å². The molecule has 3 N–H and O–H groups in total. The van der Waals surface area contributed by atoms with E-state index in [9.17, 15) is 31.4 Å². The molecule has 10 heteroatoms. The van der Waals surface area contributed by atoms with Gasteiger partial charge in [0.1, 0.15) is 5.75 Å². The van der Waals surface area contributed by atoms with E-state index in [1.165, 1.54) is 11.3 Å². The summed E-state index contributed by atoms with van der Waals surface area (Å²) in [6.45, 7) is 1.65. The van der Waals surface area contributed by atoms with Crippen molar-refractivity contribution in [3.63, 3.8) is 0 Å². The van der Waals surface area contributed by atoms with E-state index in [-0.39, 0.29) is 25.7 Å². The van der Waals surface area contributed by atoms with Crippen LogP contribution < -0.4 is 10.5 Å². The molecule has 0 spiro atoms. The normalized spacial score (nSPS) is 13.9. The molecule has 2 rings (SSSR count). The summed E-state index contributed by atoms with van der Waals surface area (Å²) in [4.78, 5) is 1.81. The first kappa shape index (κ1) is 26.0. The average Bonchev–Trinajstić information content (AvgIpc) is 3.18. The van der Waals surface area contributed by atoms with Crippen molar-refractivity contribution in [2.75, 3.05) is 13.2 Å². The van der Waals surface area contributed by atoms with Gasteiger partial charge in [-0.3, -0.25) is 0 Å². The third-order valence-electron chi connectivity index (χ3n) is 4.82. The Kier molecular flexibility index (Phi) is 8.62. The van der Waals surface area contributed by atoms with E-state index in [0.29, 0.717) is 31.4 Å². The third-order valence-corrected chi connectivity index (χ3v) is 5.88. The van der Waals surface area contributed by atoms with Gasteiger partial charge in [0, 0.05) is 16.8 Å². The maximum absolute atomic E-state index is 12.9. The largest absolute Gasteiger partial charge is 0.493 e. The third kappa shape index (κ3) is 7.73. The fourth-order valence-electron chi connectivity index (χ4n) is 2.70. The van der Waals surface area contributed by atoms with Crippen LogP contribution in [0.5, 0.6) is 5.75 Å². The quantitative estimate of drug-likeness (QED) is 0.293. The van der Waals surface area contributed by atoms with Crippen LogP contribution in [0.15, 0.2) is 30.3 Å². The monoisotopic (exact) mass is 479 g/mol. The molecule has 0 bridgehead atoms. The van der Waals surface area contributed by atoms with Gasteiger partial charge in [0.2, 0.25) is 0 Å². The summed E-state index contributed by atoms with van der Waals surface area (Å²) in [7, 11) is 0. The average molecular weight is 479 g/mol. The number of aryl methyl sites for hydroxylation is 1. The number of aliphatic hydroxyl groups excluding tert-OH is 1. The number of thiophene rings is 1. The smallest absolute Gasteiger partial charge is 0.416 e. The zero-order chi connectivity index (χ0) is 24.0. The maximum Gasteiger partial charge on any atom is 0.416 e. The molecule has 1 aromatic carbocycles. The molecule has 0 radical (unpaired) electrons. The summed E-state index contributed by atoms with van der Waals surface area (Å²) >= 11 is 1.46. The lowest BCUT2D eigenvalue weighted by Crippen LogP contribution is -2.43. The minimum atomic E-state index is -4.92. The van der Waals surface area contributed by atoms with E-state index >= 15 is 0 Å². The lowest BCUT2D eigenvalue weighted by Gasteiger charge is -2.25. The van der Waals surface area contributed by atoms with Gasteiger partial charge < -0.3 is 15.6 Å². The minimum Gasteiger partial charge on any atom is -0.493 e. The van der Waals surface area contributed by atoms with Crippen LogP contribution in [0.25, 0.3) is 0 Å². The number of aliphatic hydroxyl groups is 1. The van der Waals surface area contributed by atoms with E-state index in [0.717, 1.165) is 9.75 Å². The van der Waals surface area contributed by atoms with Crippen LogP contribution in [-0.4, -0.2) is 23.9 Å². The first-order chi connectivity index (χ1) is 14.9. The van der Waals surface area contributed by atoms with Crippen LogP contribution in [0, 0.1) is 11.8 Å². The minimum absolute atomic E-state index is 0.0524. The second kappa shape index (κ2) is 10.6. The predicted molar refractivity (Wildman–Crippen MR) is 110 cm³/mol. The predicted octanol–water partition coefficient (Wildman–Crippen LogP) is 5.64. The van der Waals surface area contributed by atoms with E-state index in [2.05, 4.69) is 11.8 Å². The highest BCUT2D eigenvalue weighted by Crippen LogP contribution is 2.38. The number of nitrogens with two attached hydrogens (primary N) is 1. The van der Waals surface area contributed by atoms with Gasteiger partial charge in [-0.1, -0.05) is 18.8 Å². The molecule has 3 nitrogen and oxygen atoms in total. The summed E-state index contributed by atoms with van der Waals surface area (Å²) in [5.41, 5.74) is 2.59. The van der Waals surface area contributed by atoms with Crippen LogP contribution in [0.2, 0.25) is 0 Å². The molecule has 0 saturated heterocycles. The molecular formula is C22H23F6NO2S. The molecule has 176 valence electrons. The SMILES string of the molecule is CCC(N)(CO)CCc1ccc(C#CCCOc2cc(C(F)(F)F)cc(C(F)(F)F)c2)s1. The number of benzene rings is 1. The zero-order valence-corrected chi connectivity index (χ0v) is 18.1. The Labute approximate surface area is 186 Å². The lowest BCUT2D eigenvalue weighted by atomic mass is 9.92. The molecular weight excluding hydrogens is 456 g/mol. The zero-order valence-electron chi connectivity index (χ0n) is 17.2. The number of rotatable bonds is 8. The number of ether oxygens (including phenoxy) is 1. The van der Waals surface area contributed by atoms with Gasteiger partial charge in [0.05, 0.1) is 29.2 Å². The second-order valence-corrected chi connectivity index (χ2v) is 8.45. The highest BCUT2D eigenvalue weighted by atomic mass is 32.1. The van der Waals surface area contributed by atoms with Gasteiger partial charge in [-0.25, -0.2) is 0 Å². The van der Waals surface area contributed by atoms with Gasteiger partial charge >= 0.3 is 12.4 Å². The molecule has 0 aliphatic rings. The standard InChI is InChI=1S/C22H23F6NO2S/c1-2-20(29,14-30)9-8-19-7-6-18(32-19)5-3-4-10-31-17-12-15(21(23,24)25)11-16(13-17)22(26,27)28/h6-7,11-13,30H,2,4,8-10,14,29H2,1H3. The summed E-state index contributed by atoms with van der Waals surface area (Å²) in [6, 6.07) is 4.85.